The Morgan fingerprint density at radius 3 is 2.64 bits per heavy atom. The number of tetrazole rings is 1. The molecule has 3 unspecified atom stereocenters. The van der Waals surface area contributed by atoms with Crippen LogP contribution in [0.4, 0.5) is 0 Å². The summed E-state index contributed by atoms with van der Waals surface area (Å²) in [7, 11) is 1.44. The molecular weight excluding hydrogens is 570 g/mol. The first-order chi connectivity index (χ1) is 21.2. The van der Waals surface area contributed by atoms with Crippen LogP contribution in [-0.4, -0.2) is 84.9 Å². The first kappa shape index (κ1) is 31.9. The van der Waals surface area contributed by atoms with Crippen molar-refractivity contribution in [2.75, 3.05) is 7.11 Å². The van der Waals surface area contributed by atoms with Crippen molar-refractivity contribution >= 4 is 29.4 Å². The quantitative estimate of drug-likeness (QED) is 0.276. The molecule has 14 nitrogen and oxygen atoms in total. The molecule has 4 atom stereocenters. The number of allylic oxidation sites excluding steroid dienone is 3. The molecule has 0 bridgehead atoms. The first-order valence-corrected chi connectivity index (χ1v) is 14.2. The molecule has 4 rings (SSSR count). The second-order valence-corrected chi connectivity index (χ2v) is 10.5. The van der Waals surface area contributed by atoms with E-state index in [0.29, 0.717) is 37.2 Å². The van der Waals surface area contributed by atoms with E-state index in [1.807, 2.05) is 30.3 Å². The van der Waals surface area contributed by atoms with E-state index in [9.17, 15) is 29.1 Å². The molecule has 1 fully saturated rings. The number of benzene rings is 1. The van der Waals surface area contributed by atoms with Crippen molar-refractivity contribution in [1.29, 1.82) is 0 Å². The number of rotatable bonds is 13. The van der Waals surface area contributed by atoms with Crippen LogP contribution in [-0.2, 0) is 41.7 Å². The maximum Gasteiger partial charge on any atom is 0.305 e. The largest absolute Gasteiger partial charge is 0.481 e. The van der Waals surface area contributed by atoms with Gasteiger partial charge >= 0.3 is 5.97 Å². The van der Waals surface area contributed by atoms with Crippen molar-refractivity contribution in [2.45, 2.75) is 63.8 Å². The fourth-order valence-electron chi connectivity index (χ4n) is 4.97. The maximum atomic E-state index is 13.3. The minimum atomic E-state index is -1.35. The van der Waals surface area contributed by atoms with Gasteiger partial charge in [0, 0.05) is 25.9 Å². The van der Waals surface area contributed by atoms with Gasteiger partial charge in [0.2, 0.25) is 11.8 Å². The predicted molar refractivity (Wildman–Crippen MR) is 155 cm³/mol. The van der Waals surface area contributed by atoms with E-state index in [1.54, 1.807) is 31.4 Å². The average molecular weight is 606 g/mol. The molecule has 1 aliphatic heterocycles. The number of Topliss-reactive ketones (excluding diaryl/α,β-unsaturated/α-hetero) is 2. The number of carboxylic acids is 1. The molecule has 1 aromatic carbocycles. The molecule has 2 amide bonds. The molecule has 14 heteroatoms. The van der Waals surface area contributed by atoms with E-state index in [2.05, 4.69) is 26.2 Å². The lowest BCUT2D eigenvalue weighted by atomic mass is 9.85. The van der Waals surface area contributed by atoms with E-state index >= 15 is 0 Å². The lowest BCUT2D eigenvalue weighted by molar-refractivity contribution is -0.143. The van der Waals surface area contributed by atoms with Crippen molar-refractivity contribution in [3.63, 3.8) is 0 Å². The van der Waals surface area contributed by atoms with Crippen LogP contribution in [0, 0.1) is 5.92 Å². The number of ketones is 2. The van der Waals surface area contributed by atoms with Crippen LogP contribution in [0.1, 0.15) is 44.0 Å². The number of carbonyl (C=O) groups excluding carboxylic acids is 4. The molecule has 2 aliphatic rings. The Morgan fingerprint density at radius 2 is 1.91 bits per heavy atom. The van der Waals surface area contributed by atoms with Gasteiger partial charge in [-0.2, -0.15) is 0 Å². The predicted octanol–water partition coefficient (Wildman–Crippen LogP) is 0.908. The topological polar surface area (TPSA) is 186 Å². The van der Waals surface area contributed by atoms with Crippen LogP contribution in [0.25, 0.3) is 0 Å². The lowest BCUT2D eigenvalue weighted by Gasteiger charge is -2.27. The smallest absolute Gasteiger partial charge is 0.305 e. The van der Waals surface area contributed by atoms with Crippen molar-refractivity contribution in [2.24, 2.45) is 5.92 Å². The number of aromatic nitrogens is 4. The number of carbonyl (C=O) groups is 5. The molecule has 2 heterocycles. The molecule has 1 saturated carbocycles. The van der Waals surface area contributed by atoms with Gasteiger partial charge in [-0.1, -0.05) is 36.4 Å². The Hall–Kier alpha value is -4.98. The number of nitrogens with zero attached hydrogens (tertiary/aromatic N) is 5. The summed E-state index contributed by atoms with van der Waals surface area (Å²) < 4.78 is 6.49. The van der Waals surface area contributed by atoms with Gasteiger partial charge in [-0.15, -0.1) is 5.10 Å². The summed E-state index contributed by atoms with van der Waals surface area (Å²) in [5, 5.41) is 26.3. The summed E-state index contributed by atoms with van der Waals surface area (Å²) in [6.07, 6.45) is 8.82. The third kappa shape index (κ3) is 8.31. The SMILES string of the molecule is COC1CCCC(C(=O)NC2=CN(C(C)C(=O)N[C@@H](CC(=O)O)C(=O)Cn3nnnc3Cc3ccccc3)C=CC=C2)C1=O. The van der Waals surface area contributed by atoms with Gasteiger partial charge in [0.15, 0.2) is 17.4 Å². The van der Waals surface area contributed by atoms with Crippen LogP contribution in [0.5, 0.6) is 0 Å². The normalized spacial score (nSPS) is 19.5. The molecule has 3 N–H and O–H groups in total. The molecular formula is C30H35N7O7. The van der Waals surface area contributed by atoms with E-state index in [1.165, 1.54) is 22.9 Å². The second kappa shape index (κ2) is 15.0. The molecule has 0 radical (unpaired) electrons. The Kier molecular flexibility index (Phi) is 10.9. The Labute approximate surface area is 253 Å². The second-order valence-electron chi connectivity index (χ2n) is 10.5. The lowest BCUT2D eigenvalue weighted by Crippen LogP contribution is -2.50. The van der Waals surface area contributed by atoms with Gasteiger partial charge in [0.25, 0.3) is 0 Å². The van der Waals surface area contributed by atoms with Gasteiger partial charge in [-0.3, -0.25) is 24.0 Å². The maximum absolute atomic E-state index is 13.3. The highest BCUT2D eigenvalue weighted by molar-refractivity contribution is 6.04. The van der Waals surface area contributed by atoms with Crippen molar-refractivity contribution < 1.29 is 33.8 Å². The zero-order chi connectivity index (χ0) is 31.6. The summed E-state index contributed by atoms with van der Waals surface area (Å²) in [6, 6.07) is 7.13. The third-order valence-electron chi connectivity index (χ3n) is 7.45. The van der Waals surface area contributed by atoms with Gasteiger partial charge in [-0.05, 0) is 54.3 Å². The summed E-state index contributed by atoms with van der Waals surface area (Å²) >= 11 is 0. The van der Waals surface area contributed by atoms with E-state index in [-0.39, 0.29) is 12.3 Å². The van der Waals surface area contributed by atoms with E-state index in [0.717, 1.165) is 5.56 Å². The summed E-state index contributed by atoms with van der Waals surface area (Å²) in [5.41, 5.74) is 1.27. The monoisotopic (exact) mass is 605 g/mol. The van der Waals surface area contributed by atoms with Crippen LogP contribution >= 0.6 is 0 Å². The molecule has 44 heavy (non-hydrogen) atoms. The Bertz CT molecular complexity index is 1470. The number of carboxylic acid groups (broad SMARTS) is 1. The number of nitrogens with one attached hydrogen (secondary N) is 2. The number of amides is 2. The van der Waals surface area contributed by atoms with Gasteiger partial charge in [-0.25, -0.2) is 4.68 Å². The number of hydrogen-bond donors (Lipinski definition) is 3. The number of hydrogen-bond acceptors (Lipinski definition) is 10. The summed E-state index contributed by atoms with van der Waals surface area (Å²) in [4.78, 5) is 65.2. The Balaban J connectivity index is 1.41. The number of ether oxygens (including phenoxy) is 1. The zero-order valence-corrected chi connectivity index (χ0v) is 24.5. The minimum absolute atomic E-state index is 0.264. The van der Waals surface area contributed by atoms with Crippen molar-refractivity contribution in [3.05, 3.63) is 78.0 Å². The van der Waals surface area contributed by atoms with Crippen LogP contribution < -0.4 is 10.6 Å². The van der Waals surface area contributed by atoms with Gasteiger partial charge in [0.05, 0.1) is 24.1 Å². The number of methoxy groups -OCH3 is 1. The highest BCUT2D eigenvalue weighted by Crippen LogP contribution is 2.23. The number of aliphatic carboxylic acids is 1. The zero-order valence-electron chi connectivity index (χ0n) is 24.5. The fraction of sp³-hybridized carbons (Fsp3) is 0.400. The minimum Gasteiger partial charge on any atom is -0.481 e. The molecule has 0 spiro atoms. The summed E-state index contributed by atoms with van der Waals surface area (Å²) in [6.45, 7) is 1.23. The average Bonchev–Trinajstić information content (AvgIpc) is 3.29. The first-order valence-electron chi connectivity index (χ1n) is 14.2. The molecule has 232 valence electrons. The van der Waals surface area contributed by atoms with Gasteiger partial charge < -0.3 is 25.4 Å². The molecule has 1 aromatic heterocycles. The van der Waals surface area contributed by atoms with E-state index in [4.69, 9.17) is 4.74 Å². The van der Waals surface area contributed by atoms with Gasteiger partial charge in [0.1, 0.15) is 18.7 Å². The van der Waals surface area contributed by atoms with Crippen LogP contribution in [0.3, 0.4) is 0 Å². The fourth-order valence-corrected chi connectivity index (χ4v) is 4.97. The van der Waals surface area contributed by atoms with Crippen LogP contribution in [0.2, 0.25) is 0 Å². The summed E-state index contributed by atoms with van der Waals surface area (Å²) in [5.74, 6) is -3.64. The van der Waals surface area contributed by atoms with Crippen LogP contribution in [0.15, 0.2) is 66.7 Å². The standard InChI is InChI=1S/C30H35N7O7/c1-19(36-14-7-6-11-21(17-36)31-30(43)22-12-8-13-25(44-2)28(22)41)29(42)32-23(16-27(39)40)24(38)18-37-26(33-34-35-37)15-20-9-4-3-5-10-20/h3-7,9-11,14,17,19,22-23,25H,8,12-13,15-16,18H2,1-2H3,(H,31,43)(H,32,42)(H,39,40)/t19?,22?,23-,25?/m0/s1. The van der Waals surface area contributed by atoms with Crippen molar-refractivity contribution in [3.8, 4) is 0 Å². The highest BCUT2D eigenvalue weighted by Gasteiger charge is 2.36. The Morgan fingerprint density at radius 1 is 1.14 bits per heavy atom. The molecule has 2 aromatic rings. The third-order valence-corrected chi connectivity index (χ3v) is 7.45. The van der Waals surface area contributed by atoms with E-state index < -0.39 is 54.1 Å². The molecule has 0 saturated heterocycles. The highest BCUT2D eigenvalue weighted by atomic mass is 16.5. The molecule has 1 aliphatic carbocycles. The van der Waals surface area contributed by atoms with Crippen molar-refractivity contribution in [1.82, 2.24) is 35.7 Å².